The van der Waals surface area contributed by atoms with Crippen LogP contribution in [-0.2, 0) is 12.8 Å². The Morgan fingerprint density at radius 3 is 2.60 bits per heavy atom. The summed E-state index contributed by atoms with van der Waals surface area (Å²) >= 11 is 9.29. The Morgan fingerprint density at radius 2 is 1.90 bits per heavy atom. The molecule has 0 aromatic heterocycles. The summed E-state index contributed by atoms with van der Waals surface area (Å²) in [6.07, 6.45) is 1.57. The van der Waals surface area contributed by atoms with Crippen molar-refractivity contribution in [2.45, 2.75) is 12.8 Å². The number of benzene rings is 2. The Labute approximate surface area is 132 Å². The highest BCUT2D eigenvalue weighted by molar-refractivity contribution is 9.10. The van der Waals surface area contributed by atoms with Gasteiger partial charge in [-0.2, -0.15) is 0 Å². The molecule has 0 spiro atoms. The van der Waals surface area contributed by atoms with E-state index in [1.165, 1.54) is 6.07 Å². The molecule has 0 aliphatic rings. The van der Waals surface area contributed by atoms with Gasteiger partial charge in [-0.05, 0) is 70.6 Å². The molecule has 20 heavy (non-hydrogen) atoms. The molecule has 2 N–H and O–H groups in total. The summed E-state index contributed by atoms with van der Waals surface area (Å²) in [5.74, 6) is 0.0209. The highest BCUT2D eigenvalue weighted by Gasteiger charge is 2.13. The Bertz CT molecular complexity index is 588. The van der Waals surface area contributed by atoms with Crippen LogP contribution in [0.15, 0.2) is 46.9 Å². The zero-order valence-corrected chi connectivity index (χ0v) is 13.3. The Hall–Kier alpha value is -0.900. The molecule has 4 heteroatoms. The molecule has 1 unspecified atom stereocenters. The zero-order chi connectivity index (χ0) is 14.5. The third kappa shape index (κ3) is 4.05. The second-order valence-electron chi connectivity index (χ2n) is 4.85. The summed E-state index contributed by atoms with van der Waals surface area (Å²) in [5, 5.41) is 0.727. The first kappa shape index (κ1) is 15.5. The molecular formula is C16H16BrClFN. The summed E-state index contributed by atoms with van der Waals surface area (Å²) in [4.78, 5) is 0. The fourth-order valence-corrected chi connectivity index (χ4v) is 2.89. The smallest absolute Gasteiger partial charge is 0.137 e. The first-order chi connectivity index (χ1) is 9.60. The van der Waals surface area contributed by atoms with Gasteiger partial charge in [0.25, 0.3) is 0 Å². The number of rotatable bonds is 5. The summed E-state index contributed by atoms with van der Waals surface area (Å²) in [6, 6.07) is 12.9. The molecule has 0 amide bonds. The average molecular weight is 357 g/mol. The Morgan fingerprint density at radius 1 is 1.15 bits per heavy atom. The second kappa shape index (κ2) is 7.21. The van der Waals surface area contributed by atoms with Gasteiger partial charge in [-0.25, -0.2) is 4.39 Å². The van der Waals surface area contributed by atoms with Crippen molar-refractivity contribution in [1.82, 2.24) is 0 Å². The molecule has 2 aromatic rings. The average Bonchev–Trinajstić information content (AvgIpc) is 2.43. The topological polar surface area (TPSA) is 26.0 Å². The predicted octanol–water partition coefficient (Wildman–Crippen LogP) is 4.60. The molecule has 106 valence electrons. The van der Waals surface area contributed by atoms with Crippen LogP contribution in [0, 0.1) is 11.7 Å². The molecule has 0 aliphatic heterocycles. The monoisotopic (exact) mass is 355 g/mol. The van der Waals surface area contributed by atoms with Crippen LogP contribution in [0.5, 0.6) is 0 Å². The minimum Gasteiger partial charge on any atom is -0.330 e. The van der Waals surface area contributed by atoms with Crippen molar-refractivity contribution in [3.05, 3.63) is 68.9 Å². The van der Waals surface area contributed by atoms with E-state index in [-0.39, 0.29) is 11.7 Å². The van der Waals surface area contributed by atoms with E-state index < -0.39 is 0 Å². The molecule has 2 rings (SSSR count). The van der Waals surface area contributed by atoms with E-state index in [4.69, 9.17) is 17.3 Å². The number of hydrogen-bond donors (Lipinski definition) is 1. The van der Waals surface area contributed by atoms with Crippen LogP contribution in [0.4, 0.5) is 4.39 Å². The van der Waals surface area contributed by atoms with Crippen LogP contribution < -0.4 is 5.73 Å². The van der Waals surface area contributed by atoms with Gasteiger partial charge in [-0.3, -0.25) is 0 Å². The molecule has 1 nitrogen and oxygen atoms in total. The van der Waals surface area contributed by atoms with E-state index >= 15 is 0 Å². The van der Waals surface area contributed by atoms with Gasteiger partial charge in [0.1, 0.15) is 5.82 Å². The lowest BCUT2D eigenvalue weighted by Gasteiger charge is -2.16. The van der Waals surface area contributed by atoms with Crippen LogP contribution in [0.1, 0.15) is 11.1 Å². The standard InChI is InChI=1S/C16H16BrClFN/c17-16-13(4-2-6-15(16)19)8-12(10-20)7-11-3-1-5-14(18)9-11/h1-6,9,12H,7-8,10,20H2. The second-order valence-corrected chi connectivity index (χ2v) is 6.08. The molecular weight excluding hydrogens is 341 g/mol. The van der Waals surface area contributed by atoms with Gasteiger partial charge in [0.05, 0.1) is 4.47 Å². The van der Waals surface area contributed by atoms with Crippen molar-refractivity contribution >= 4 is 27.5 Å². The minimum absolute atomic E-state index is 0.235. The van der Waals surface area contributed by atoms with E-state index in [1.807, 2.05) is 30.3 Å². The van der Waals surface area contributed by atoms with E-state index in [9.17, 15) is 4.39 Å². The molecule has 0 saturated carbocycles. The minimum atomic E-state index is -0.235. The quantitative estimate of drug-likeness (QED) is 0.832. The van der Waals surface area contributed by atoms with E-state index in [0.29, 0.717) is 11.0 Å². The van der Waals surface area contributed by atoms with Crippen molar-refractivity contribution in [2.75, 3.05) is 6.54 Å². The molecule has 1 atom stereocenters. The molecule has 0 bridgehead atoms. The van der Waals surface area contributed by atoms with Crippen LogP contribution in [0.25, 0.3) is 0 Å². The van der Waals surface area contributed by atoms with Crippen molar-refractivity contribution in [3.63, 3.8) is 0 Å². The van der Waals surface area contributed by atoms with Crippen LogP contribution in [0.3, 0.4) is 0 Å². The van der Waals surface area contributed by atoms with Crippen molar-refractivity contribution in [3.8, 4) is 0 Å². The molecule has 2 aromatic carbocycles. The molecule has 0 saturated heterocycles. The van der Waals surface area contributed by atoms with E-state index in [0.717, 1.165) is 29.0 Å². The zero-order valence-electron chi connectivity index (χ0n) is 11.0. The molecule has 0 heterocycles. The number of halogens is 3. The summed E-state index contributed by atoms with van der Waals surface area (Å²) in [5.41, 5.74) is 7.95. The Balaban J connectivity index is 2.11. The lowest BCUT2D eigenvalue weighted by molar-refractivity contribution is 0.528. The number of nitrogens with two attached hydrogens (primary N) is 1. The Kier molecular flexibility index (Phi) is 5.58. The van der Waals surface area contributed by atoms with Crippen molar-refractivity contribution in [2.24, 2.45) is 11.7 Å². The van der Waals surface area contributed by atoms with E-state index in [2.05, 4.69) is 15.9 Å². The third-order valence-electron chi connectivity index (χ3n) is 3.29. The fraction of sp³-hybridized carbons (Fsp3) is 0.250. The summed E-state index contributed by atoms with van der Waals surface area (Å²) < 4.78 is 14.0. The molecule has 0 fully saturated rings. The van der Waals surface area contributed by atoms with Crippen molar-refractivity contribution < 1.29 is 4.39 Å². The van der Waals surface area contributed by atoms with Gasteiger partial charge >= 0.3 is 0 Å². The lowest BCUT2D eigenvalue weighted by Crippen LogP contribution is -2.19. The van der Waals surface area contributed by atoms with Gasteiger partial charge in [0.2, 0.25) is 0 Å². The third-order valence-corrected chi connectivity index (χ3v) is 4.41. The SMILES string of the molecule is NCC(Cc1cccc(Cl)c1)Cc1cccc(F)c1Br. The fourth-order valence-electron chi connectivity index (χ4n) is 2.25. The van der Waals surface area contributed by atoms with Crippen LogP contribution >= 0.6 is 27.5 Å². The van der Waals surface area contributed by atoms with Gasteiger partial charge in [0.15, 0.2) is 0 Å². The van der Waals surface area contributed by atoms with Gasteiger partial charge in [0, 0.05) is 5.02 Å². The normalized spacial score (nSPS) is 12.4. The summed E-state index contributed by atoms with van der Waals surface area (Å²) in [6.45, 7) is 0.551. The largest absolute Gasteiger partial charge is 0.330 e. The van der Waals surface area contributed by atoms with Gasteiger partial charge < -0.3 is 5.73 Å². The van der Waals surface area contributed by atoms with Crippen molar-refractivity contribution in [1.29, 1.82) is 0 Å². The van der Waals surface area contributed by atoms with Gasteiger partial charge in [-0.15, -0.1) is 0 Å². The van der Waals surface area contributed by atoms with Crippen LogP contribution in [0.2, 0.25) is 5.02 Å². The molecule has 0 aliphatic carbocycles. The number of hydrogen-bond acceptors (Lipinski definition) is 1. The predicted molar refractivity (Wildman–Crippen MR) is 85.5 cm³/mol. The maximum Gasteiger partial charge on any atom is 0.137 e. The first-order valence-electron chi connectivity index (χ1n) is 6.47. The summed E-state index contributed by atoms with van der Waals surface area (Å²) in [7, 11) is 0. The van der Waals surface area contributed by atoms with Gasteiger partial charge in [-0.1, -0.05) is 35.9 Å². The lowest BCUT2D eigenvalue weighted by atomic mass is 9.92. The first-order valence-corrected chi connectivity index (χ1v) is 7.64. The highest BCUT2D eigenvalue weighted by atomic mass is 79.9. The molecule has 0 radical (unpaired) electrons. The maximum atomic E-state index is 13.5. The maximum absolute atomic E-state index is 13.5. The van der Waals surface area contributed by atoms with E-state index in [1.54, 1.807) is 6.07 Å². The van der Waals surface area contributed by atoms with Crippen LogP contribution in [-0.4, -0.2) is 6.54 Å². The highest BCUT2D eigenvalue weighted by Crippen LogP contribution is 2.24.